The van der Waals surface area contributed by atoms with Crippen molar-refractivity contribution >= 4 is 35.0 Å². The molecule has 1 saturated heterocycles. The molecule has 2 aromatic carbocycles. The molecule has 1 atom stereocenters. The molecule has 0 bridgehead atoms. The van der Waals surface area contributed by atoms with Gasteiger partial charge in [-0.25, -0.2) is 4.39 Å². The summed E-state index contributed by atoms with van der Waals surface area (Å²) in [5, 5.41) is 1.78. The highest BCUT2D eigenvalue weighted by atomic mass is 32.2. The number of carbonyl (C=O) groups excluding carboxylic acids is 3. The molecule has 3 rings (SSSR count). The van der Waals surface area contributed by atoms with Crippen molar-refractivity contribution in [3.05, 3.63) is 64.3 Å². The minimum atomic E-state index is -0.946. The molecule has 7 nitrogen and oxygen atoms in total. The van der Waals surface area contributed by atoms with E-state index >= 15 is 0 Å². The van der Waals surface area contributed by atoms with Crippen LogP contribution >= 0.6 is 11.8 Å². The molecule has 1 aliphatic heterocycles. The van der Waals surface area contributed by atoms with Crippen molar-refractivity contribution in [3.63, 3.8) is 0 Å². The number of nitrogens with two attached hydrogens (primary N) is 1. The second-order valence-corrected chi connectivity index (χ2v) is 7.13. The number of benzene rings is 2. The minimum absolute atomic E-state index is 0.0102. The minimum Gasteiger partial charge on any atom is -0.468 e. The third kappa shape index (κ3) is 5.21. The molecule has 9 heteroatoms. The molecule has 1 fully saturated rings. The highest BCUT2D eigenvalue weighted by Crippen LogP contribution is 2.28. The molecule has 150 valence electrons. The molecule has 2 amide bonds. The van der Waals surface area contributed by atoms with Gasteiger partial charge in [0.2, 0.25) is 0 Å². The lowest BCUT2D eigenvalue weighted by molar-refractivity contribution is -0.142. The van der Waals surface area contributed by atoms with Gasteiger partial charge in [0, 0.05) is 12.5 Å². The van der Waals surface area contributed by atoms with Crippen LogP contribution in [0.2, 0.25) is 0 Å². The first-order chi connectivity index (χ1) is 13.9. The molecule has 0 radical (unpaired) electrons. The number of thioether (sulfide) groups is 1. The zero-order valence-electron chi connectivity index (χ0n) is 15.3. The van der Waals surface area contributed by atoms with Crippen molar-refractivity contribution in [3.8, 4) is 11.5 Å². The number of halogens is 1. The third-order valence-corrected chi connectivity index (χ3v) is 4.83. The maximum absolute atomic E-state index is 14.3. The van der Waals surface area contributed by atoms with Crippen LogP contribution in [0.3, 0.4) is 0 Å². The van der Waals surface area contributed by atoms with Gasteiger partial charge < -0.3 is 15.2 Å². The number of imide groups is 1. The topological polar surface area (TPSA) is 108 Å². The first-order valence-corrected chi connectivity index (χ1v) is 9.32. The number of rotatable bonds is 6. The summed E-state index contributed by atoms with van der Waals surface area (Å²) in [7, 11) is 1.22. The molecule has 0 aliphatic carbocycles. The normalized spacial score (nSPS) is 15.9. The van der Waals surface area contributed by atoms with Crippen molar-refractivity contribution in [1.29, 1.82) is 0 Å². The maximum Gasteiger partial charge on any atom is 0.322 e. The van der Waals surface area contributed by atoms with Gasteiger partial charge >= 0.3 is 5.97 Å². The number of nitrogens with one attached hydrogen (secondary N) is 1. The Morgan fingerprint density at radius 1 is 1.21 bits per heavy atom. The van der Waals surface area contributed by atoms with E-state index in [1.807, 2.05) is 0 Å². The van der Waals surface area contributed by atoms with Crippen molar-refractivity contribution in [1.82, 2.24) is 5.32 Å². The number of carbonyl (C=O) groups is 3. The quantitative estimate of drug-likeness (QED) is 0.551. The fourth-order valence-electron chi connectivity index (χ4n) is 2.57. The molecule has 2 aromatic rings. The van der Waals surface area contributed by atoms with Crippen LogP contribution in [0.1, 0.15) is 11.1 Å². The lowest BCUT2D eigenvalue weighted by Gasteiger charge is -2.11. The summed E-state index contributed by atoms with van der Waals surface area (Å²) >= 11 is 0.836. The molecule has 0 spiro atoms. The second-order valence-electron chi connectivity index (χ2n) is 6.11. The maximum atomic E-state index is 14.3. The van der Waals surface area contributed by atoms with Gasteiger partial charge in [0.1, 0.15) is 23.4 Å². The number of esters is 1. The molecule has 0 saturated carbocycles. The van der Waals surface area contributed by atoms with E-state index in [9.17, 15) is 18.8 Å². The van der Waals surface area contributed by atoms with Crippen molar-refractivity contribution in [2.75, 3.05) is 7.11 Å². The largest absolute Gasteiger partial charge is 0.468 e. The Morgan fingerprint density at radius 3 is 2.48 bits per heavy atom. The monoisotopic (exact) mass is 416 g/mol. The molecular weight excluding hydrogens is 399 g/mol. The van der Waals surface area contributed by atoms with Crippen LogP contribution in [0.5, 0.6) is 11.5 Å². The van der Waals surface area contributed by atoms with E-state index in [0.29, 0.717) is 16.2 Å². The fourth-order valence-corrected chi connectivity index (χ4v) is 3.25. The lowest BCUT2D eigenvalue weighted by Crippen LogP contribution is -2.33. The average Bonchev–Trinajstić information content (AvgIpc) is 3.01. The molecule has 0 aromatic heterocycles. The summed E-state index contributed by atoms with van der Waals surface area (Å²) in [5.74, 6) is -0.844. The Balaban J connectivity index is 1.66. The van der Waals surface area contributed by atoms with Gasteiger partial charge in [-0.15, -0.1) is 0 Å². The van der Waals surface area contributed by atoms with E-state index in [0.717, 1.165) is 11.8 Å². The van der Waals surface area contributed by atoms with Crippen LogP contribution in [-0.4, -0.2) is 30.3 Å². The van der Waals surface area contributed by atoms with Gasteiger partial charge in [0.25, 0.3) is 11.1 Å². The smallest absolute Gasteiger partial charge is 0.322 e. The Bertz CT molecular complexity index is 991. The third-order valence-electron chi connectivity index (χ3n) is 4.02. The summed E-state index contributed by atoms with van der Waals surface area (Å²) in [5.41, 5.74) is 6.64. The van der Waals surface area contributed by atoms with Gasteiger partial charge in [0.15, 0.2) is 0 Å². The van der Waals surface area contributed by atoms with Gasteiger partial charge in [-0.2, -0.15) is 0 Å². The standard InChI is InChI=1S/C20H17FN2O5S/c1-27-19(25)16(22)9-12-4-7-14(10-15(12)21)28-13-5-2-11(3-6-13)8-17-18(24)23-20(26)29-17/h2-8,10,16H,9,22H2,1H3,(H,23,24,26)/b17-8+. The first kappa shape index (κ1) is 20.6. The van der Waals surface area contributed by atoms with E-state index in [1.54, 1.807) is 36.4 Å². The fraction of sp³-hybridized carbons (Fsp3) is 0.150. The Kier molecular flexibility index (Phi) is 6.30. The van der Waals surface area contributed by atoms with Crippen LogP contribution in [0.4, 0.5) is 9.18 Å². The summed E-state index contributed by atoms with van der Waals surface area (Å²) < 4.78 is 24.4. The predicted molar refractivity (Wildman–Crippen MR) is 106 cm³/mol. The predicted octanol–water partition coefficient (Wildman–Crippen LogP) is 2.98. The lowest BCUT2D eigenvalue weighted by atomic mass is 10.1. The molecule has 29 heavy (non-hydrogen) atoms. The molecule has 1 unspecified atom stereocenters. The number of methoxy groups -OCH3 is 1. The molecule has 3 N–H and O–H groups in total. The summed E-state index contributed by atoms with van der Waals surface area (Å²) in [6.07, 6.45) is 1.60. The zero-order chi connectivity index (χ0) is 21.0. The van der Waals surface area contributed by atoms with Crippen molar-refractivity contribution in [2.24, 2.45) is 5.73 Å². The molecular formula is C20H17FN2O5S. The SMILES string of the molecule is COC(=O)C(N)Cc1ccc(Oc2ccc(/C=C3/SC(=O)NC3=O)cc2)cc1F. The van der Waals surface area contributed by atoms with Crippen LogP contribution in [0, 0.1) is 5.82 Å². The summed E-state index contributed by atoms with van der Waals surface area (Å²) in [4.78, 5) is 34.4. The Labute approximate surface area is 170 Å². The van der Waals surface area contributed by atoms with Crippen LogP contribution < -0.4 is 15.8 Å². The van der Waals surface area contributed by atoms with Crippen molar-refractivity contribution < 1.29 is 28.2 Å². The number of hydrogen-bond donors (Lipinski definition) is 2. The van der Waals surface area contributed by atoms with E-state index in [4.69, 9.17) is 10.5 Å². The highest BCUT2D eigenvalue weighted by Gasteiger charge is 2.24. The summed E-state index contributed by atoms with van der Waals surface area (Å²) in [6.45, 7) is 0. The average molecular weight is 416 g/mol. The van der Waals surface area contributed by atoms with Crippen LogP contribution in [0.25, 0.3) is 6.08 Å². The second kappa shape index (κ2) is 8.89. The number of amides is 2. The first-order valence-electron chi connectivity index (χ1n) is 8.50. The van der Waals surface area contributed by atoms with E-state index in [1.165, 1.54) is 19.2 Å². The highest BCUT2D eigenvalue weighted by molar-refractivity contribution is 8.18. The van der Waals surface area contributed by atoms with E-state index < -0.39 is 29.0 Å². The summed E-state index contributed by atoms with van der Waals surface area (Å²) in [6, 6.07) is 10.1. The molecule has 1 aliphatic rings. The van der Waals surface area contributed by atoms with Crippen molar-refractivity contribution in [2.45, 2.75) is 12.5 Å². The van der Waals surface area contributed by atoms with Gasteiger partial charge in [-0.3, -0.25) is 19.7 Å². The van der Waals surface area contributed by atoms with Gasteiger partial charge in [-0.1, -0.05) is 18.2 Å². The van der Waals surface area contributed by atoms with Gasteiger partial charge in [-0.05, 0) is 47.2 Å². The van der Waals surface area contributed by atoms with E-state index in [2.05, 4.69) is 10.1 Å². The zero-order valence-corrected chi connectivity index (χ0v) is 16.1. The van der Waals surface area contributed by atoms with E-state index in [-0.39, 0.29) is 17.7 Å². The molecule has 1 heterocycles. The Morgan fingerprint density at radius 2 is 1.90 bits per heavy atom. The Hall–Kier alpha value is -3.17. The van der Waals surface area contributed by atoms with Crippen LogP contribution in [-0.2, 0) is 20.7 Å². The number of ether oxygens (including phenoxy) is 2. The number of hydrogen-bond acceptors (Lipinski definition) is 7. The van der Waals surface area contributed by atoms with Gasteiger partial charge in [0.05, 0.1) is 12.0 Å². The van der Waals surface area contributed by atoms with Crippen LogP contribution in [0.15, 0.2) is 47.4 Å².